The zero-order valence-corrected chi connectivity index (χ0v) is 19.3. The van der Waals surface area contributed by atoms with Crippen molar-refractivity contribution in [3.63, 3.8) is 0 Å². The molecule has 162 valence electrons. The molecule has 0 aliphatic heterocycles. The fraction of sp³-hybridized carbons (Fsp3) is 0.962. The number of ether oxygens (including phenoxy) is 1. The molecular formula is C26H46O2. The maximum absolute atomic E-state index is 12.1. The number of carbonyl (C=O) groups is 1. The van der Waals surface area contributed by atoms with Crippen molar-refractivity contribution in [3.8, 4) is 0 Å². The van der Waals surface area contributed by atoms with Gasteiger partial charge in [-0.1, -0.05) is 78.6 Å². The Morgan fingerprint density at radius 2 is 1.04 bits per heavy atom. The lowest BCUT2D eigenvalue weighted by Gasteiger charge is -2.54. The summed E-state index contributed by atoms with van der Waals surface area (Å²) in [5.74, 6) is 0.613. The maximum Gasteiger partial charge on any atom is 0.302 e. The number of carbonyl (C=O) groups excluding carboxylic acids is 1. The lowest BCUT2D eigenvalue weighted by atomic mass is 9.52. The highest BCUT2D eigenvalue weighted by molar-refractivity contribution is 5.66. The third kappa shape index (κ3) is 4.96. The Morgan fingerprint density at radius 1 is 0.679 bits per heavy atom. The van der Waals surface area contributed by atoms with E-state index in [1.165, 1.54) is 96.3 Å². The minimum atomic E-state index is -0.0712. The first kappa shape index (κ1) is 22.2. The van der Waals surface area contributed by atoms with E-state index in [0.29, 0.717) is 16.7 Å². The van der Waals surface area contributed by atoms with Crippen LogP contribution in [-0.2, 0) is 9.53 Å². The van der Waals surface area contributed by atoms with Crippen LogP contribution in [-0.4, -0.2) is 12.1 Å². The molecule has 0 saturated heterocycles. The predicted molar refractivity (Wildman–Crippen MR) is 117 cm³/mol. The van der Waals surface area contributed by atoms with Gasteiger partial charge in [0.2, 0.25) is 0 Å². The van der Waals surface area contributed by atoms with Gasteiger partial charge >= 0.3 is 5.97 Å². The zero-order valence-electron chi connectivity index (χ0n) is 19.3. The van der Waals surface area contributed by atoms with E-state index in [-0.39, 0.29) is 17.5 Å². The average molecular weight is 391 g/mol. The summed E-state index contributed by atoms with van der Waals surface area (Å²) in [7, 11) is 0. The number of rotatable bonds is 6. The number of hydrogen-bond acceptors (Lipinski definition) is 2. The molecule has 28 heavy (non-hydrogen) atoms. The van der Waals surface area contributed by atoms with Crippen molar-refractivity contribution in [2.45, 2.75) is 137 Å². The maximum atomic E-state index is 12.1. The highest BCUT2D eigenvalue weighted by Gasteiger charge is 2.50. The van der Waals surface area contributed by atoms with Gasteiger partial charge in [-0.05, 0) is 61.7 Å². The number of esters is 1. The van der Waals surface area contributed by atoms with E-state index in [2.05, 4.69) is 20.8 Å². The topological polar surface area (TPSA) is 26.3 Å². The minimum Gasteiger partial charge on any atom is -0.462 e. The summed E-state index contributed by atoms with van der Waals surface area (Å²) in [6.07, 6.45) is 21.5. The molecule has 3 saturated carbocycles. The van der Waals surface area contributed by atoms with Gasteiger partial charge in [0.05, 0.1) is 0 Å². The Kier molecular flexibility index (Phi) is 7.19. The third-order valence-electron chi connectivity index (χ3n) is 9.21. The summed E-state index contributed by atoms with van der Waals surface area (Å²) in [5, 5.41) is 0. The Bertz CT molecular complexity index is 481. The fourth-order valence-corrected chi connectivity index (χ4v) is 7.40. The molecule has 3 aliphatic rings. The first-order chi connectivity index (χ1) is 13.3. The second-order valence-corrected chi connectivity index (χ2v) is 11.5. The molecule has 0 amide bonds. The second-order valence-electron chi connectivity index (χ2n) is 11.5. The van der Waals surface area contributed by atoms with Crippen LogP contribution >= 0.6 is 0 Å². The first-order valence-electron chi connectivity index (χ1n) is 12.4. The molecule has 3 rings (SSSR count). The Hall–Kier alpha value is -0.530. The molecule has 3 fully saturated rings. The van der Waals surface area contributed by atoms with E-state index in [1.807, 2.05) is 0 Å². The summed E-state index contributed by atoms with van der Waals surface area (Å²) in [6, 6.07) is 0. The highest BCUT2D eigenvalue weighted by atomic mass is 16.5. The van der Waals surface area contributed by atoms with Crippen LogP contribution in [0.15, 0.2) is 0 Å². The smallest absolute Gasteiger partial charge is 0.302 e. The Labute approximate surface area is 174 Å². The summed E-state index contributed by atoms with van der Waals surface area (Å²) in [4.78, 5) is 12.1. The molecule has 0 spiro atoms. The van der Waals surface area contributed by atoms with Crippen molar-refractivity contribution < 1.29 is 9.53 Å². The van der Waals surface area contributed by atoms with Crippen LogP contribution in [0.3, 0.4) is 0 Å². The monoisotopic (exact) mass is 390 g/mol. The van der Waals surface area contributed by atoms with E-state index >= 15 is 0 Å². The molecule has 1 atom stereocenters. The average Bonchev–Trinajstić information content (AvgIpc) is 2.66. The van der Waals surface area contributed by atoms with E-state index in [4.69, 9.17) is 4.74 Å². The lowest BCUT2D eigenvalue weighted by molar-refractivity contribution is -0.161. The van der Waals surface area contributed by atoms with Crippen molar-refractivity contribution in [2.24, 2.45) is 22.2 Å². The standard InChI is InChI=1S/C26H46O2/c1-21(27)28-23(26(4)18-12-7-13-19-26)20-22(24(2)14-8-5-9-15-24)25(3)16-10-6-11-17-25/h22-23H,5-20H2,1-4H3. The molecule has 1 unspecified atom stereocenters. The fourth-order valence-electron chi connectivity index (χ4n) is 7.40. The minimum absolute atomic E-state index is 0.0712. The predicted octanol–water partition coefficient (Wildman–Crippen LogP) is 7.84. The lowest BCUT2D eigenvalue weighted by Crippen LogP contribution is -2.47. The molecule has 0 N–H and O–H groups in total. The second kappa shape index (κ2) is 9.09. The molecule has 0 aromatic carbocycles. The third-order valence-corrected chi connectivity index (χ3v) is 9.21. The van der Waals surface area contributed by atoms with E-state index < -0.39 is 0 Å². The van der Waals surface area contributed by atoms with Crippen molar-refractivity contribution in [1.29, 1.82) is 0 Å². The molecular weight excluding hydrogens is 344 g/mol. The number of hydrogen-bond donors (Lipinski definition) is 0. The van der Waals surface area contributed by atoms with Gasteiger partial charge in [-0.2, -0.15) is 0 Å². The van der Waals surface area contributed by atoms with Gasteiger partial charge in [0.25, 0.3) is 0 Å². The van der Waals surface area contributed by atoms with Gasteiger partial charge in [-0.15, -0.1) is 0 Å². The Morgan fingerprint density at radius 3 is 1.39 bits per heavy atom. The highest BCUT2D eigenvalue weighted by Crippen LogP contribution is 2.57. The van der Waals surface area contributed by atoms with Crippen molar-refractivity contribution in [1.82, 2.24) is 0 Å². The van der Waals surface area contributed by atoms with E-state index in [9.17, 15) is 4.79 Å². The van der Waals surface area contributed by atoms with Crippen LogP contribution in [0.2, 0.25) is 0 Å². The van der Waals surface area contributed by atoms with Crippen LogP contribution in [0.25, 0.3) is 0 Å². The molecule has 3 aliphatic carbocycles. The van der Waals surface area contributed by atoms with Crippen molar-refractivity contribution in [3.05, 3.63) is 0 Å². The van der Waals surface area contributed by atoms with Gasteiger partial charge in [-0.3, -0.25) is 4.79 Å². The molecule has 0 aromatic rings. The van der Waals surface area contributed by atoms with E-state index in [1.54, 1.807) is 6.92 Å². The molecule has 0 heterocycles. The van der Waals surface area contributed by atoms with Crippen LogP contribution < -0.4 is 0 Å². The first-order valence-corrected chi connectivity index (χ1v) is 12.4. The molecule has 0 bridgehead atoms. The van der Waals surface area contributed by atoms with Crippen LogP contribution in [0, 0.1) is 22.2 Å². The van der Waals surface area contributed by atoms with Gasteiger partial charge < -0.3 is 4.74 Å². The van der Waals surface area contributed by atoms with E-state index in [0.717, 1.165) is 6.42 Å². The summed E-state index contributed by atoms with van der Waals surface area (Å²) in [5.41, 5.74) is 1.03. The summed E-state index contributed by atoms with van der Waals surface area (Å²) < 4.78 is 6.16. The van der Waals surface area contributed by atoms with Gasteiger partial charge in [0.15, 0.2) is 0 Å². The quantitative estimate of drug-likeness (QED) is 0.432. The van der Waals surface area contributed by atoms with Crippen LogP contribution in [0.5, 0.6) is 0 Å². The zero-order chi connectivity index (χ0) is 20.3. The van der Waals surface area contributed by atoms with Crippen molar-refractivity contribution >= 4 is 5.97 Å². The summed E-state index contributed by atoms with van der Waals surface area (Å²) >= 11 is 0. The van der Waals surface area contributed by atoms with Gasteiger partial charge in [-0.25, -0.2) is 0 Å². The van der Waals surface area contributed by atoms with Gasteiger partial charge in [0.1, 0.15) is 6.10 Å². The van der Waals surface area contributed by atoms with Crippen LogP contribution in [0.4, 0.5) is 0 Å². The molecule has 0 radical (unpaired) electrons. The summed E-state index contributed by atoms with van der Waals surface area (Å²) in [6.45, 7) is 9.22. The molecule has 2 nitrogen and oxygen atoms in total. The Balaban J connectivity index is 1.89. The molecule has 2 heteroatoms. The molecule has 0 aromatic heterocycles. The SMILES string of the molecule is CC(=O)OC(CC(C1(C)CCCCC1)C1(C)CCCCC1)C1(C)CCCCC1. The van der Waals surface area contributed by atoms with Crippen molar-refractivity contribution in [2.75, 3.05) is 0 Å². The van der Waals surface area contributed by atoms with Crippen LogP contribution in [0.1, 0.15) is 130 Å². The normalized spacial score (nSPS) is 27.9. The van der Waals surface area contributed by atoms with Gasteiger partial charge in [0, 0.05) is 12.3 Å². The largest absolute Gasteiger partial charge is 0.462 e.